The van der Waals surface area contributed by atoms with Crippen molar-refractivity contribution in [2.75, 3.05) is 24.7 Å². The number of amides is 1. The zero-order chi connectivity index (χ0) is 17.5. The van der Waals surface area contributed by atoms with Gasteiger partial charge in [0, 0.05) is 5.75 Å². The highest BCUT2D eigenvalue weighted by Crippen LogP contribution is 2.22. The maximum atomic E-state index is 12.1. The van der Waals surface area contributed by atoms with Crippen LogP contribution in [-0.4, -0.2) is 35.0 Å². The van der Waals surface area contributed by atoms with E-state index in [-0.39, 0.29) is 5.91 Å². The molecule has 0 bridgehead atoms. The number of likely N-dealkylation sites (N-methyl/N-ethyl adjacent to an activating group) is 1. The molecule has 2 aromatic rings. The SMILES string of the molecule is CCCSc1nn(C[NH+](C)CC(=O)Nc2ccccc2Cl)c(=S)s1. The van der Waals surface area contributed by atoms with E-state index in [1.807, 2.05) is 19.2 Å². The maximum Gasteiger partial charge on any atom is 0.279 e. The number of carbonyl (C=O) groups excluding carboxylic acids is 1. The predicted octanol–water partition coefficient (Wildman–Crippen LogP) is 2.94. The molecule has 0 radical (unpaired) electrons. The van der Waals surface area contributed by atoms with E-state index in [4.69, 9.17) is 23.8 Å². The summed E-state index contributed by atoms with van der Waals surface area (Å²) in [6, 6.07) is 7.19. The van der Waals surface area contributed by atoms with Gasteiger partial charge in [0.05, 0.1) is 17.8 Å². The average Bonchev–Trinajstić information content (AvgIpc) is 2.87. The molecule has 2 rings (SSSR count). The average molecular weight is 404 g/mol. The van der Waals surface area contributed by atoms with Gasteiger partial charge in [0.2, 0.25) is 0 Å². The fourth-order valence-electron chi connectivity index (χ4n) is 1.98. The first kappa shape index (κ1) is 19.4. The van der Waals surface area contributed by atoms with Gasteiger partial charge in [0.15, 0.2) is 21.5 Å². The molecule has 0 aliphatic rings. The van der Waals surface area contributed by atoms with Crippen molar-refractivity contribution in [2.45, 2.75) is 24.4 Å². The quantitative estimate of drug-likeness (QED) is 0.525. The van der Waals surface area contributed by atoms with E-state index in [1.54, 1.807) is 28.6 Å². The molecule has 2 N–H and O–H groups in total. The molecule has 5 nitrogen and oxygen atoms in total. The number of aromatic nitrogens is 2. The van der Waals surface area contributed by atoms with Gasteiger partial charge in [0.25, 0.3) is 5.91 Å². The summed E-state index contributed by atoms with van der Waals surface area (Å²) in [4.78, 5) is 13.1. The molecule has 0 aliphatic carbocycles. The summed E-state index contributed by atoms with van der Waals surface area (Å²) in [6.45, 7) is 3.00. The number of hydrogen-bond donors (Lipinski definition) is 2. The third-order valence-electron chi connectivity index (χ3n) is 3.05. The van der Waals surface area contributed by atoms with Crippen molar-refractivity contribution in [1.29, 1.82) is 0 Å². The Morgan fingerprint density at radius 1 is 1.50 bits per heavy atom. The minimum Gasteiger partial charge on any atom is -0.320 e. The molecule has 0 aliphatic heterocycles. The smallest absolute Gasteiger partial charge is 0.279 e. The molecule has 0 spiro atoms. The lowest BCUT2D eigenvalue weighted by Gasteiger charge is -2.14. The molecule has 1 aromatic carbocycles. The topological polar surface area (TPSA) is 51.4 Å². The minimum atomic E-state index is -0.0945. The number of thioether (sulfide) groups is 1. The molecule has 1 heterocycles. The Morgan fingerprint density at radius 2 is 2.25 bits per heavy atom. The van der Waals surface area contributed by atoms with Crippen LogP contribution in [0.3, 0.4) is 0 Å². The van der Waals surface area contributed by atoms with Gasteiger partial charge in [-0.2, -0.15) is 4.68 Å². The first-order valence-corrected chi connectivity index (χ1v) is 10.1. The van der Waals surface area contributed by atoms with Crippen molar-refractivity contribution in [3.05, 3.63) is 33.2 Å². The number of benzene rings is 1. The number of anilines is 1. The van der Waals surface area contributed by atoms with E-state index in [0.717, 1.165) is 25.4 Å². The van der Waals surface area contributed by atoms with E-state index < -0.39 is 0 Å². The van der Waals surface area contributed by atoms with Crippen molar-refractivity contribution < 1.29 is 9.69 Å². The Kier molecular flexibility index (Phi) is 7.70. The first-order chi connectivity index (χ1) is 11.5. The van der Waals surface area contributed by atoms with Crippen LogP contribution in [0.15, 0.2) is 28.6 Å². The molecule has 1 unspecified atom stereocenters. The van der Waals surface area contributed by atoms with Crippen LogP contribution in [-0.2, 0) is 11.5 Å². The van der Waals surface area contributed by atoms with Gasteiger partial charge in [-0.05, 0) is 30.8 Å². The fourth-order valence-corrected chi connectivity index (χ4v) is 4.42. The summed E-state index contributed by atoms with van der Waals surface area (Å²) in [5.41, 5.74) is 0.625. The van der Waals surface area contributed by atoms with E-state index in [1.165, 1.54) is 11.3 Å². The number of carbonyl (C=O) groups is 1. The van der Waals surface area contributed by atoms with Gasteiger partial charge in [-0.3, -0.25) is 4.79 Å². The van der Waals surface area contributed by atoms with Gasteiger partial charge < -0.3 is 10.2 Å². The maximum absolute atomic E-state index is 12.1. The van der Waals surface area contributed by atoms with Gasteiger partial charge >= 0.3 is 0 Å². The third-order valence-corrected chi connectivity index (χ3v) is 6.02. The number of quaternary nitrogens is 1. The summed E-state index contributed by atoms with van der Waals surface area (Å²) in [6.07, 6.45) is 1.10. The van der Waals surface area contributed by atoms with E-state index >= 15 is 0 Å². The molecular weight excluding hydrogens is 384 g/mol. The number of rotatable bonds is 8. The number of halogens is 1. The summed E-state index contributed by atoms with van der Waals surface area (Å²) < 4.78 is 3.51. The second-order valence-corrected chi connectivity index (χ2v) is 8.67. The van der Waals surface area contributed by atoms with Crippen molar-refractivity contribution in [3.63, 3.8) is 0 Å². The molecule has 0 saturated heterocycles. The van der Waals surface area contributed by atoms with Crippen LogP contribution in [0, 0.1) is 3.95 Å². The summed E-state index contributed by atoms with van der Waals surface area (Å²) in [5.74, 6) is 0.938. The predicted molar refractivity (Wildman–Crippen MR) is 104 cm³/mol. The highest BCUT2D eigenvalue weighted by atomic mass is 35.5. The van der Waals surface area contributed by atoms with Crippen LogP contribution in [0.5, 0.6) is 0 Å². The minimum absolute atomic E-state index is 0.0945. The van der Waals surface area contributed by atoms with Crippen LogP contribution < -0.4 is 10.2 Å². The van der Waals surface area contributed by atoms with Crippen molar-refractivity contribution in [2.24, 2.45) is 0 Å². The summed E-state index contributed by atoms with van der Waals surface area (Å²) in [7, 11) is 1.94. The van der Waals surface area contributed by atoms with Crippen LogP contribution in [0.1, 0.15) is 13.3 Å². The molecular formula is C15H20ClN4OS3+. The van der Waals surface area contributed by atoms with Crippen LogP contribution >= 0.6 is 46.9 Å². The van der Waals surface area contributed by atoms with Crippen molar-refractivity contribution in [3.8, 4) is 0 Å². The Labute approximate surface area is 160 Å². The van der Waals surface area contributed by atoms with Gasteiger partial charge in [-0.1, -0.05) is 53.8 Å². The zero-order valence-corrected chi connectivity index (χ0v) is 16.7. The second kappa shape index (κ2) is 9.53. The molecule has 0 fully saturated rings. The lowest BCUT2D eigenvalue weighted by Crippen LogP contribution is -3.09. The molecule has 1 atom stereocenters. The number of hydrogen-bond acceptors (Lipinski definition) is 5. The Hall–Kier alpha value is -0.930. The Morgan fingerprint density at radius 3 is 2.96 bits per heavy atom. The first-order valence-electron chi connectivity index (χ1n) is 7.56. The molecule has 24 heavy (non-hydrogen) atoms. The normalized spacial score (nSPS) is 12.1. The zero-order valence-electron chi connectivity index (χ0n) is 13.5. The van der Waals surface area contributed by atoms with Crippen LogP contribution in [0.25, 0.3) is 0 Å². The fraction of sp³-hybridized carbons (Fsp3) is 0.400. The largest absolute Gasteiger partial charge is 0.320 e. The van der Waals surface area contributed by atoms with E-state index in [9.17, 15) is 4.79 Å². The Balaban J connectivity index is 1.90. The van der Waals surface area contributed by atoms with Gasteiger partial charge in [0.1, 0.15) is 0 Å². The summed E-state index contributed by atoms with van der Waals surface area (Å²) in [5, 5.41) is 7.87. The standard InChI is InChI=1S/C15H19ClN4OS3/c1-3-8-23-14-18-20(15(22)24-14)10-19(2)9-13(21)17-12-7-5-4-6-11(12)16/h4-7H,3,8-10H2,1-2H3,(H,17,21)/p+1. The lowest BCUT2D eigenvalue weighted by atomic mass is 10.3. The monoisotopic (exact) mass is 403 g/mol. The summed E-state index contributed by atoms with van der Waals surface area (Å²) >= 11 is 14.6. The van der Waals surface area contributed by atoms with Crippen molar-refractivity contribution in [1.82, 2.24) is 9.78 Å². The third kappa shape index (κ3) is 5.86. The van der Waals surface area contributed by atoms with Gasteiger partial charge in [-0.25, -0.2) is 0 Å². The number of para-hydroxylation sites is 1. The van der Waals surface area contributed by atoms with E-state index in [0.29, 0.717) is 23.9 Å². The number of nitrogens with zero attached hydrogens (tertiary/aromatic N) is 2. The molecule has 1 amide bonds. The molecule has 0 saturated carbocycles. The second-order valence-electron chi connectivity index (χ2n) is 5.30. The highest BCUT2D eigenvalue weighted by Gasteiger charge is 2.14. The number of nitrogens with one attached hydrogen (secondary N) is 2. The highest BCUT2D eigenvalue weighted by molar-refractivity contribution is 8.01. The molecule has 130 valence electrons. The molecule has 9 heteroatoms. The lowest BCUT2D eigenvalue weighted by molar-refractivity contribution is -0.895. The molecule has 1 aromatic heterocycles. The van der Waals surface area contributed by atoms with Gasteiger partial charge in [-0.15, -0.1) is 5.10 Å². The Bertz CT molecular complexity index is 746. The van der Waals surface area contributed by atoms with Crippen LogP contribution in [0.4, 0.5) is 5.69 Å². The van der Waals surface area contributed by atoms with Crippen molar-refractivity contribution >= 4 is 58.5 Å². The van der Waals surface area contributed by atoms with E-state index in [2.05, 4.69) is 17.3 Å². The van der Waals surface area contributed by atoms with Crippen LogP contribution in [0.2, 0.25) is 5.02 Å².